The summed E-state index contributed by atoms with van der Waals surface area (Å²) >= 11 is 6.12. The molecule has 6 nitrogen and oxygen atoms in total. The van der Waals surface area contributed by atoms with E-state index in [1.54, 1.807) is 32.0 Å². The number of halogens is 1. The molecule has 0 spiro atoms. The van der Waals surface area contributed by atoms with E-state index < -0.39 is 6.04 Å². The molecule has 0 aliphatic rings. The molecule has 0 saturated heterocycles. The summed E-state index contributed by atoms with van der Waals surface area (Å²) < 4.78 is 0.775. The molecule has 0 radical (unpaired) electrons. The molecule has 0 amide bonds. The number of nitrogens with zero attached hydrogens (tertiary/aromatic N) is 3. The largest absolute Gasteiger partial charge is 0.710 e. The van der Waals surface area contributed by atoms with Gasteiger partial charge in [0.1, 0.15) is 5.69 Å². The Balaban J connectivity index is 2.18. The fourth-order valence-corrected chi connectivity index (χ4v) is 3.05. The minimum absolute atomic E-state index is 0.212. The van der Waals surface area contributed by atoms with Gasteiger partial charge >= 0.3 is 5.82 Å². The summed E-state index contributed by atoms with van der Waals surface area (Å²) in [5.74, 6) is -0.0639. The Labute approximate surface area is 155 Å². The lowest BCUT2D eigenvalue weighted by Gasteiger charge is -2.17. The lowest BCUT2D eigenvalue weighted by Crippen LogP contribution is -2.39. The molecule has 7 heteroatoms. The average Bonchev–Trinajstić information content (AvgIpc) is 2.62. The van der Waals surface area contributed by atoms with Crippen molar-refractivity contribution >= 4 is 22.5 Å². The number of hydrogen-bond acceptors (Lipinski definition) is 4. The third kappa shape index (κ3) is 3.46. The van der Waals surface area contributed by atoms with Crippen LogP contribution in [0.5, 0.6) is 0 Å². The monoisotopic (exact) mass is 371 g/mol. The van der Waals surface area contributed by atoms with Crippen molar-refractivity contribution in [3.63, 3.8) is 0 Å². The number of aromatic nitrogens is 2. The SMILES string of the molecule is CC(Cc1nc2ccc(Cl)cc2c(-c2ccccc2)[n+]1[O-])C(C)[N+](=O)[O-]. The van der Waals surface area contributed by atoms with Crippen LogP contribution in [0.15, 0.2) is 48.5 Å². The second-order valence-electron chi connectivity index (χ2n) is 6.41. The quantitative estimate of drug-likeness (QED) is 0.293. The van der Waals surface area contributed by atoms with Gasteiger partial charge in [-0.1, -0.05) is 48.9 Å². The highest BCUT2D eigenvalue weighted by atomic mass is 35.5. The molecule has 3 aromatic rings. The maximum atomic E-state index is 13.1. The smallest absolute Gasteiger partial charge is 0.303 e. The van der Waals surface area contributed by atoms with Crippen LogP contribution in [-0.4, -0.2) is 15.9 Å². The van der Waals surface area contributed by atoms with Gasteiger partial charge in [-0.3, -0.25) is 10.1 Å². The lowest BCUT2D eigenvalue weighted by atomic mass is 9.99. The van der Waals surface area contributed by atoms with E-state index in [1.807, 2.05) is 30.3 Å². The summed E-state index contributed by atoms with van der Waals surface area (Å²) in [5.41, 5.74) is 1.83. The molecule has 2 atom stereocenters. The molecule has 0 saturated carbocycles. The molecule has 0 aliphatic heterocycles. The van der Waals surface area contributed by atoms with Crippen LogP contribution in [0.2, 0.25) is 5.02 Å². The minimum Gasteiger partial charge on any atom is -0.710 e. The summed E-state index contributed by atoms with van der Waals surface area (Å²) in [6, 6.07) is 13.7. The van der Waals surface area contributed by atoms with Gasteiger partial charge in [0.25, 0.3) is 0 Å². The van der Waals surface area contributed by atoms with Gasteiger partial charge < -0.3 is 5.21 Å². The zero-order chi connectivity index (χ0) is 18.8. The van der Waals surface area contributed by atoms with Crippen molar-refractivity contribution in [1.82, 2.24) is 4.98 Å². The molecule has 2 unspecified atom stereocenters. The average molecular weight is 372 g/mol. The maximum absolute atomic E-state index is 13.1. The molecular weight excluding hydrogens is 354 g/mol. The van der Waals surface area contributed by atoms with Gasteiger partial charge in [-0.2, -0.15) is 0 Å². The van der Waals surface area contributed by atoms with Crippen LogP contribution in [0.3, 0.4) is 0 Å². The van der Waals surface area contributed by atoms with E-state index in [0.29, 0.717) is 21.6 Å². The van der Waals surface area contributed by atoms with Crippen LogP contribution in [-0.2, 0) is 6.42 Å². The first-order valence-electron chi connectivity index (χ1n) is 8.29. The van der Waals surface area contributed by atoms with Gasteiger partial charge in [0.15, 0.2) is 5.52 Å². The highest BCUT2D eigenvalue weighted by Gasteiger charge is 2.28. The van der Waals surface area contributed by atoms with Crippen LogP contribution in [0, 0.1) is 21.2 Å². The second-order valence-corrected chi connectivity index (χ2v) is 6.84. The molecule has 1 heterocycles. The van der Waals surface area contributed by atoms with Gasteiger partial charge in [0.2, 0.25) is 6.04 Å². The normalized spacial score (nSPS) is 13.5. The number of benzene rings is 2. The van der Waals surface area contributed by atoms with Crippen molar-refractivity contribution in [2.75, 3.05) is 0 Å². The molecular formula is C19H18ClN3O3. The molecule has 0 aliphatic carbocycles. The van der Waals surface area contributed by atoms with Crippen molar-refractivity contribution in [1.29, 1.82) is 0 Å². The fraction of sp³-hybridized carbons (Fsp3) is 0.263. The van der Waals surface area contributed by atoms with Gasteiger partial charge in [0, 0.05) is 28.4 Å². The van der Waals surface area contributed by atoms with Crippen LogP contribution in [0.1, 0.15) is 19.7 Å². The summed E-state index contributed by atoms with van der Waals surface area (Å²) in [7, 11) is 0. The van der Waals surface area contributed by atoms with Crippen LogP contribution in [0.4, 0.5) is 0 Å². The molecule has 1 aromatic heterocycles. The number of rotatable bonds is 5. The van der Waals surface area contributed by atoms with E-state index in [4.69, 9.17) is 11.6 Å². The van der Waals surface area contributed by atoms with Crippen molar-refractivity contribution in [3.05, 3.63) is 74.7 Å². The summed E-state index contributed by atoms with van der Waals surface area (Å²) in [5, 5.41) is 25.3. The van der Waals surface area contributed by atoms with Gasteiger partial charge in [-0.25, -0.2) is 4.73 Å². The van der Waals surface area contributed by atoms with Gasteiger partial charge in [-0.15, -0.1) is 0 Å². The highest BCUT2D eigenvalue weighted by molar-refractivity contribution is 6.31. The molecule has 26 heavy (non-hydrogen) atoms. The van der Waals surface area contributed by atoms with Crippen LogP contribution >= 0.6 is 11.6 Å². The fourth-order valence-electron chi connectivity index (χ4n) is 2.88. The van der Waals surface area contributed by atoms with Crippen molar-refractivity contribution in [2.24, 2.45) is 5.92 Å². The third-order valence-electron chi connectivity index (χ3n) is 4.61. The topological polar surface area (TPSA) is 83.0 Å². The van der Waals surface area contributed by atoms with E-state index in [0.717, 1.165) is 10.3 Å². The molecule has 0 N–H and O–H groups in total. The number of nitro groups is 1. The Bertz CT molecular complexity index is 963. The zero-order valence-corrected chi connectivity index (χ0v) is 15.2. The van der Waals surface area contributed by atoms with E-state index >= 15 is 0 Å². The van der Waals surface area contributed by atoms with E-state index in [1.165, 1.54) is 0 Å². The Morgan fingerprint density at radius 1 is 1.19 bits per heavy atom. The Morgan fingerprint density at radius 3 is 2.54 bits per heavy atom. The standard InChI is InChI=1S/C19H18ClN3O3/c1-12(13(2)23(25)26)10-18-21-17-9-8-15(20)11-16(17)19(22(18)24)14-6-4-3-5-7-14/h3-9,11-13H,10H2,1-2H3. The first-order chi connectivity index (χ1) is 12.4. The third-order valence-corrected chi connectivity index (χ3v) is 4.84. The van der Waals surface area contributed by atoms with E-state index in [-0.39, 0.29) is 23.1 Å². The number of fused-ring (bicyclic) bond motifs is 1. The van der Waals surface area contributed by atoms with E-state index in [2.05, 4.69) is 4.98 Å². The Kier molecular flexibility index (Phi) is 5.04. The molecule has 0 fully saturated rings. The predicted molar refractivity (Wildman–Crippen MR) is 100 cm³/mol. The lowest BCUT2D eigenvalue weighted by molar-refractivity contribution is -0.606. The molecule has 134 valence electrons. The molecule has 2 aromatic carbocycles. The first-order valence-corrected chi connectivity index (χ1v) is 8.67. The first kappa shape index (κ1) is 18.1. The summed E-state index contributed by atoms with van der Waals surface area (Å²) in [6.45, 7) is 3.29. The number of hydrogen-bond donors (Lipinski definition) is 0. The van der Waals surface area contributed by atoms with Gasteiger partial charge in [0.05, 0.1) is 11.8 Å². The molecule has 3 rings (SSSR count). The molecule has 0 bridgehead atoms. The van der Waals surface area contributed by atoms with Crippen LogP contribution in [0.25, 0.3) is 22.2 Å². The predicted octanol–water partition coefficient (Wildman–Crippen LogP) is 4.03. The maximum Gasteiger partial charge on any atom is 0.303 e. The summed E-state index contributed by atoms with van der Waals surface area (Å²) in [4.78, 5) is 15.2. The Hall–Kier alpha value is -2.73. The summed E-state index contributed by atoms with van der Waals surface area (Å²) in [6.07, 6.45) is 0.212. The second kappa shape index (κ2) is 7.25. The van der Waals surface area contributed by atoms with Crippen LogP contribution < -0.4 is 4.73 Å². The van der Waals surface area contributed by atoms with Crippen molar-refractivity contribution in [3.8, 4) is 11.3 Å². The van der Waals surface area contributed by atoms with Crippen molar-refractivity contribution < 1.29 is 9.65 Å². The van der Waals surface area contributed by atoms with Gasteiger partial charge in [-0.05, 0) is 23.2 Å². The zero-order valence-electron chi connectivity index (χ0n) is 14.4. The minimum atomic E-state index is -0.766. The van der Waals surface area contributed by atoms with E-state index in [9.17, 15) is 15.3 Å². The van der Waals surface area contributed by atoms with Crippen molar-refractivity contribution in [2.45, 2.75) is 26.3 Å². The Morgan fingerprint density at radius 2 is 1.88 bits per heavy atom. The highest BCUT2D eigenvalue weighted by Crippen LogP contribution is 2.28.